The summed E-state index contributed by atoms with van der Waals surface area (Å²) in [5, 5.41) is 9.42. The van der Waals surface area contributed by atoms with Crippen molar-refractivity contribution in [3.63, 3.8) is 0 Å². The second kappa shape index (κ2) is 11.6. The molecule has 0 saturated heterocycles. The summed E-state index contributed by atoms with van der Waals surface area (Å²) in [7, 11) is 1.62. The van der Waals surface area contributed by atoms with Crippen LogP contribution in [0.5, 0.6) is 11.5 Å². The van der Waals surface area contributed by atoms with Crippen molar-refractivity contribution in [2.24, 2.45) is 10.8 Å². The Morgan fingerprint density at radius 3 is 1.63 bits per heavy atom. The van der Waals surface area contributed by atoms with Crippen LogP contribution in [0.2, 0.25) is 0 Å². The van der Waals surface area contributed by atoms with Crippen LogP contribution in [0.25, 0.3) is 0 Å². The number of hydrogen-bond donors (Lipinski definition) is 1. The minimum atomic E-state index is -0.578. The molecule has 7 nitrogen and oxygen atoms in total. The van der Waals surface area contributed by atoms with E-state index in [1.54, 1.807) is 31.4 Å². The Morgan fingerprint density at radius 1 is 0.829 bits per heavy atom. The first-order valence-corrected chi connectivity index (χ1v) is 11.9. The van der Waals surface area contributed by atoms with Gasteiger partial charge < -0.3 is 24.1 Å². The third-order valence-electron chi connectivity index (χ3n) is 6.23. The monoisotopic (exact) mass is 486 g/mol. The predicted octanol–water partition coefficient (Wildman–Crippen LogP) is 5.65. The number of aromatic hydroxyl groups is 1. The third kappa shape index (κ3) is 6.34. The van der Waals surface area contributed by atoms with Gasteiger partial charge in [0.25, 0.3) is 0 Å². The number of hydrogen-bond acceptors (Lipinski definition) is 7. The van der Waals surface area contributed by atoms with E-state index in [1.807, 2.05) is 48.5 Å². The van der Waals surface area contributed by atoms with Gasteiger partial charge in [-0.2, -0.15) is 0 Å². The number of ether oxygens (including phenoxy) is 4. The van der Waals surface area contributed by atoms with E-state index in [1.165, 1.54) is 24.3 Å². The molecule has 2 aromatic rings. The zero-order valence-corrected chi connectivity index (χ0v) is 22.0. The second-order valence-corrected chi connectivity index (χ2v) is 9.64. The third-order valence-corrected chi connectivity index (χ3v) is 6.23. The minimum absolute atomic E-state index is 0.0335. The van der Waals surface area contributed by atoms with Gasteiger partial charge in [-0.15, -0.1) is 0 Å². The highest BCUT2D eigenvalue weighted by molar-refractivity contribution is 5.90. The topological polar surface area (TPSA) is 91.3 Å². The number of phenolic OH excluding ortho intramolecular Hbond substituents is 1. The number of methoxy groups -OCH3 is 1. The first-order chi connectivity index (χ1) is 16.5. The Bertz CT molecular complexity index is 961. The number of phenols is 1. The van der Waals surface area contributed by atoms with Crippen molar-refractivity contribution in [2.75, 3.05) is 13.7 Å². The summed E-state index contributed by atoms with van der Waals surface area (Å²) in [6, 6.07) is 12.7. The lowest BCUT2D eigenvalue weighted by Gasteiger charge is -2.61. The van der Waals surface area contributed by atoms with E-state index in [2.05, 4.69) is 0 Å². The molecule has 1 saturated carbocycles. The molecule has 0 bridgehead atoms. The van der Waals surface area contributed by atoms with E-state index >= 15 is 0 Å². The van der Waals surface area contributed by atoms with Gasteiger partial charge in [-0.25, -0.2) is 9.59 Å². The SMILES string of the molecule is CC.COC(C)COc1ccc(C(=O)OC2C(C)(C)C(OC(=O)c3ccc(O)cc3)C2(C)C)cc1. The molecule has 192 valence electrons. The molecule has 2 aromatic carbocycles. The Kier molecular flexibility index (Phi) is 9.32. The largest absolute Gasteiger partial charge is 0.508 e. The highest BCUT2D eigenvalue weighted by Gasteiger charge is 2.66. The average molecular weight is 487 g/mol. The predicted molar refractivity (Wildman–Crippen MR) is 134 cm³/mol. The lowest BCUT2D eigenvalue weighted by Crippen LogP contribution is -2.69. The average Bonchev–Trinajstić information content (AvgIpc) is 2.85. The normalized spacial score (nSPS) is 20.3. The quantitative estimate of drug-likeness (QED) is 0.482. The van der Waals surface area contributed by atoms with Crippen molar-refractivity contribution < 1.29 is 33.6 Å². The standard InChI is InChI=1S/C26H32O7.C2H6/c1-16(30-6)15-31-20-13-9-18(10-14-20)22(29)33-24-25(2,3)23(26(24,4)5)32-21(28)17-7-11-19(27)12-8-17;1-2/h7-14,16,23-24,27H,15H2,1-6H3;1-2H3. The van der Waals surface area contributed by atoms with E-state index in [0.29, 0.717) is 23.5 Å². The fraction of sp³-hybridized carbons (Fsp3) is 0.500. The van der Waals surface area contributed by atoms with Crippen LogP contribution in [0.4, 0.5) is 0 Å². The Labute approximate surface area is 208 Å². The Hall–Kier alpha value is -3.06. The van der Waals surface area contributed by atoms with Crippen LogP contribution in [0.3, 0.4) is 0 Å². The molecule has 3 rings (SSSR count). The van der Waals surface area contributed by atoms with Crippen molar-refractivity contribution in [2.45, 2.75) is 66.8 Å². The van der Waals surface area contributed by atoms with Gasteiger partial charge in [-0.3, -0.25) is 0 Å². The minimum Gasteiger partial charge on any atom is -0.508 e. The summed E-state index contributed by atoms with van der Waals surface area (Å²) in [4.78, 5) is 25.4. The molecule has 1 aliphatic rings. The molecule has 35 heavy (non-hydrogen) atoms. The van der Waals surface area contributed by atoms with E-state index in [0.717, 1.165) is 0 Å². The number of benzene rings is 2. The summed E-state index contributed by atoms with van der Waals surface area (Å²) in [5.41, 5.74) is -0.392. The zero-order chi connectivity index (χ0) is 26.4. The van der Waals surface area contributed by atoms with Crippen molar-refractivity contribution >= 4 is 11.9 Å². The number of carbonyl (C=O) groups excluding carboxylic acids is 2. The highest BCUT2D eigenvalue weighted by atomic mass is 16.6. The van der Waals surface area contributed by atoms with Crippen LogP contribution >= 0.6 is 0 Å². The molecule has 1 N–H and O–H groups in total. The Balaban J connectivity index is 0.00000210. The molecule has 0 aliphatic heterocycles. The van der Waals surface area contributed by atoms with Crippen LogP contribution in [0.15, 0.2) is 48.5 Å². The van der Waals surface area contributed by atoms with Gasteiger partial charge in [-0.1, -0.05) is 41.5 Å². The molecule has 0 heterocycles. The molecule has 1 aliphatic carbocycles. The molecule has 0 amide bonds. The molecule has 1 unspecified atom stereocenters. The van der Waals surface area contributed by atoms with Gasteiger partial charge in [0.1, 0.15) is 30.3 Å². The molecule has 1 atom stereocenters. The molecule has 1 fully saturated rings. The van der Waals surface area contributed by atoms with Crippen LogP contribution in [-0.4, -0.2) is 49.1 Å². The molecule has 0 aromatic heterocycles. The smallest absolute Gasteiger partial charge is 0.338 e. The van der Waals surface area contributed by atoms with Crippen molar-refractivity contribution in [3.8, 4) is 11.5 Å². The molecular formula is C28H38O7. The summed E-state index contributed by atoms with van der Waals surface area (Å²) in [5.74, 6) is -0.210. The number of rotatable bonds is 8. The first kappa shape index (κ1) is 28.2. The Morgan fingerprint density at radius 2 is 1.23 bits per heavy atom. The highest BCUT2D eigenvalue weighted by Crippen LogP contribution is 2.57. The molecule has 0 spiro atoms. The number of carbonyl (C=O) groups is 2. The molecular weight excluding hydrogens is 448 g/mol. The van der Waals surface area contributed by atoms with Crippen LogP contribution in [0, 0.1) is 10.8 Å². The molecule has 0 radical (unpaired) electrons. The van der Waals surface area contributed by atoms with E-state index in [4.69, 9.17) is 18.9 Å². The van der Waals surface area contributed by atoms with Gasteiger partial charge in [0.05, 0.1) is 17.2 Å². The molecule has 7 heteroatoms. The summed E-state index contributed by atoms with van der Waals surface area (Å²) >= 11 is 0. The van der Waals surface area contributed by atoms with Crippen molar-refractivity contribution in [1.82, 2.24) is 0 Å². The summed E-state index contributed by atoms with van der Waals surface area (Å²) in [6.45, 7) is 14.0. The lowest BCUT2D eigenvalue weighted by atomic mass is 9.51. The van der Waals surface area contributed by atoms with Crippen LogP contribution in [0.1, 0.15) is 69.2 Å². The maximum absolute atomic E-state index is 12.8. The zero-order valence-electron chi connectivity index (χ0n) is 22.0. The van der Waals surface area contributed by atoms with Gasteiger partial charge >= 0.3 is 11.9 Å². The maximum Gasteiger partial charge on any atom is 0.338 e. The maximum atomic E-state index is 12.8. The van der Waals surface area contributed by atoms with Gasteiger partial charge in [0.2, 0.25) is 0 Å². The van der Waals surface area contributed by atoms with Crippen molar-refractivity contribution in [1.29, 1.82) is 0 Å². The fourth-order valence-corrected chi connectivity index (χ4v) is 4.62. The van der Waals surface area contributed by atoms with Gasteiger partial charge in [0, 0.05) is 17.9 Å². The van der Waals surface area contributed by atoms with Crippen LogP contribution in [-0.2, 0) is 14.2 Å². The van der Waals surface area contributed by atoms with Gasteiger partial charge in [-0.05, 0) is 55.5 Å². The van der Waals surface area contributed by atoms with Crippen LogP contribution < -0.4 is 4.74 Å². The fourth-order valence-electron chi connectivity index (χ4n) is 4.62. The first-order valence-electron chi connectivity index (χ1n) is 11.9. The second-order valence-electron chi connectivity index (χ2n) is 9.64. The van der Waals surface area contributed by atoms with E-state index < -0.39 is 35.0 Å². The summed E-state index contributed by atoms with van der Waals surface area (Å²) in [6.07, 6.45) is -0.940. The van der Waals surface area contributed by atoms with E-state index in [-0.39, 0.29) is 11.9 Å². The van der Waals surface area contributed by atoms with Gasteiger partial charge in [0.15, 0.2) is 0 Å². The number of esters is 2. The lowest BCUT2D eigenvalue weighted by molar-refractivity contribution is -0.246. The summed E-state index contributed by atoms with van der Waals surface area (Å²) < 4.78 is 22.4. The van der Waals surface area contributed by atoms with Crippen molar-refractivity contribution in [3.05, 3.63) is 59.7 Å². The van der Waals surface area contributed by atoms with E-state index in [9.17, 15) is 14.7 Å².